The lowest BCUT2D eigenvalue weighted by molar-refractivity contribution is 0.0971. The molecule has 0 unspecified atom stereocenters. The first-order chi connectivity index (χ1) is 12.3. The van der Waals surface area contributed by atoms with Crippen LogP contribution < -0.4 is 10.1 Å². The Bertz CT molecular complexity index is 774. The molecule has 4 nitrogen and oxygen atoms in total. The van der Waals surface area contributed by atoms with Gasteiger partial charge in [-0.3, -0.25) is 0 Å². The highest BCUT2D eigenvalue weighted by Gasteiger charge is 2.27. The van der Waals surface area contributed by atoms with E-state index < -0.39 is 24.3 Å². The average Bonchev–Trinajstić information content (AvgIpc) is 2.61. The summed E-state index contributed by atoms with van der Waals surface area (Å²) >= 11 is 6.04. The Morgan fingerprint density at radius 2 is 1.96 bits per heavy atom. The molecule has 2 aromatic carbocycles. The number of alkyl halides is 2. The fourth-order valence-corrected chi connectivity index (χ4v) is 2.56. The van der Waals surface area contributed by atoms with Crippen LogP contribution in [0, 0.1) is 5.82 Å². The van der Waals surface area contributed by atoms with Gasteiger partial charge in [0.15, 0.2) is 11.6 Å². The van der Waals surface area contributed by atoms with E-state index in [0.717, 1.165) is 6.07 Å². The standard InChI is InChI=1S/C18H18ClF3N2O2/c1-24(10-12-5-3-4-6-13(12)19)18(25)23-16(17(21)22)11-7-8-15(26-2)14(20)9-11/h3-9,16-17H,10H2,1-2H3,(H,23,25)/t16-/m0/s1. The van der Waals surface area contributed by atoms with E-state index in [9.17, 15) is 18.0 Å². The van der Waals surface area contributed by atoms with E-state index in [1.54, 1.807) is 24.3 Å². The zero-order valence-electron chi connectivity index (χ0n) is 14.2. The normalized spacial score (nSPS) is 12.0. The third-order valence-corrected chi connectivity index (χ3v) is 4.15. The van der Waals surface area contributed by atoms with Crippen LogP contribution in [0.4, 0.5) is 18.0 Å². The van der Waals surface area contributed by atoms with E-state index in [1.165, 1.54) is 31.2 Å². The Kier molecular flexibility index (Phi) is 6.74. The number of halogens is 4. The molecule has 0 fully saturated rings. The lowest BCUT2D eigenvalue weighted by Gasteiger charge is -2.24. The van der Waals surface area contributed by atoms with Gasteiger partial charge in [0.1, 0.15) is 6.04 Å². The second-order valence-corrected chi connectivity index (χ2v) is 6.01. The highest BCUT2D eigenvalue weighted by Crippen LogP contribution is 2.26. The van der Waals surface area contributed by atoms with Crippen molar-refractivity contribution < 1.29 is 22.7 Å². The summed E-state index contributed by atoms with van der Waals surface area (Å²) in [6, 6.07) is 7.96. The predicted molar refractivity (Wildman–Crippen MR) is 93.1 cm³/mol. The molecule has 2 rings (SSSR count). The first-order valence-corrected chi connectivity index (χ1v) is 8.08. The molecule has 140 valence electrons. The lowest BCUT2D eigenvalue weighted by atomic mass is 10.1. The maximum absolute atomic E-state index is 13.8. The van der Waals surface area contributed by atoms with Gasteiger partial charge < -0.3 is 15.0 Å². The molecule has 0 saturated heterocycles. The molecule has 1 atom stereocenters. The number of hydrogen-bond donors (Lipinski definition) is 1. The number of nitrogens with one attached hydrogen (secondary N) is 1. The van der Waals surface area contributed by atoms with E-state index in [-0.39, 0.29) is 17.9 Å². The van der Waals surface area contributed by atoms with Crippen LogP contribution in [0.2, 0.25) is 5.02 Å². The third-order valence-electron chi connectivity index (χ3n) is 3.78. The molecule has 0 saturated carbocycles. The Labute approximate surface area is 154 Å². The van der Waals surface area contributed by atoms with Crippen LogP contribution in [-0.2, 0) is 6.54 Å². The summed E-state index contributed by atoms with van der Waals surface area (Å²) in [6.07, 6.45) is -2.92. The largest absolute Gasteiger partial charge is 0.494 e. The van der Waals surface area contributed by atoms with Gasteiger partial charge in [-0.25, -0.2) is 18.0 Å². The molecule has 26 heavy (non-hydrogen) atoms. The minimum Gasteiger partial charge on any atom is -0.494 e. The predicted octanol–water partition coefficient (Wildman–Crippen LogP) is 4.64. The molecule has 0 aliphatic carbocycles. The van der Waals surface area contributed by atoms with Crippen LogP contribution in [0.15, 0.2) is 42.5 Å². The smallest absolute Gasteiger partial charge is 0.318 e. The summed E-state index contributed by atoms with van der Waals surface area (Å²) < 4.78 is 45.4. The molecule has 1 N–H and O–H groups in total. The van der Waals surface area contributed by atoms with Crippen LogP contribution in [0.3, 0.4) is 0 Å². The van der Waals surface area contributed by atoms with Crippen molar-refractivity contribution in [2.24, 2.45) is 0 Å². The van der Waals surface area contributed by atoms with Gasteiger partial charge in [0.2, 0.25) is 0 Å². The number of carbonyl (C=O) groups is 1. The van der Waals surface area contributed by atoms with Crippen LogP contribution >= 0.6 is 11.6 Å². The number of nitrogens with zero attached hydrogens (tertiary/aromatic N) is 1. The van der Waals surface area contributed by atoms with E-state index >= 15 is 0 Å². The van der Waals surface area contributed by atoms with Crippen molar-refractivity contribution in [3.05, 3.63) is 64.4 Å². The minimum atomic E-state index is -2.92. The van der Waals surface area contributed by atoms with Crippen molar-refractivity contribution in [2.75, 3.05) is 14.2 Å². The van der Waals surface area contributed by atoms with Crippen LogP contribution in [0.1, 0.15) is 17.2 Å². The zero-order valence-corrected chi connectivity index (χ0v) is 14.9. The number of hydrogen-bond acceptors (Lipinski definition) is 2. The Morgan fingerprint density at radius 3 is 2.54 bits per heavy atom. The molecule has 2 aromatic rings. The van der Waals surface area contributed by atoms with Gasteiger partial charge in [0, 0.05) is 18.6 Å². The first kappa shape index (κ1) is 19.9. The molecule has 0 aliphatic heterocycles. The number of benzene rings is 2. The second-order valence-electron chi connectivity index (χ2n) is 5.60. The zero-order chi connectivity index (χ0) is 19.3. The van der Waals surface area contributed by atoms with Gasteiger partial charge in [0.05, 0.1) is 7.11 Å². The molecule has 0 heterocycles. The summed E-state index contributed by atoms with van der Waals surface area (Å²) in [7, 11) is 2.73. The molecule has 0 bridgehead atoms. The van der Waals surface area contributed by atoms with Crippen LogP contribution in [0.25, 0.3) is 0 Å². The van der Waals surface area contributed by atoms with Crippen molar-refractivity contribution in [2.45, 2.75) is 19.0 Å². The van der Waals surface area contributed by atoms with Gasteiger partial charge in [0.25, 0.3) is 6.43 Å². The van der Waals surface area contributed by atoms with E-state index in [4.69, 9.17) is 16.3 Å². The number of carbonyl (C=O) groups excluding carboxylic acids is 1. The quantitative estimate of drug-likeness (QED) is 0.786. The molecular weight excluding hydrogens is 369 g/mol. The first-order valence-electron chi connectivity index (χ1n) is 7.70. The molecule has 0 aromatic heterocycles. The van der Waals surface area contributed by atoms with E-state index in [0.29, 0.717) is 10.6 Å². The second kappa shape index (κ2) is 8.80. The van der Waals surface area contributed by atoms with Gasteiger partial charge in [-0.05, 0) is 29.3 Å². The maximum Gasteiger partial charge on any atom is 0.318 e. The van der Waals surface area contributed by atoms with Crippen molar-refractivity contribution in [3.63, 3.8) is 0 Å². The molecule has 0 spiro atoms. The number of methoxy groups -OCH3 is 1. The molecular formula is C18H18ClF3N2O2. The van der Waals surface area contributed by atoms with Crippen molar-refractivity contribution in [3.8, 4) is 5.75 Å². The number of rotatable bonds is 6. The van der Waals surface area contributed by atoms with Crippen LogP contribution in [0.5, 0.6) is 5.75 Å². The number of urea groups is 1. The number of amides is 2. The topological polar surface area (TPSA) is 41.6 Å². The van der Waals surface area contributed by atoms with Gasteiger partial charge >= 0.3 is 6.03 Å². The summed E-state index contributed by atoms with van der Waals surface area (Å²) in [4.78, 5) is 13.5. The average molecular weight is 387 g/mol. The third kappa shape index (κ3) is 4.82. The van der Waals surface area contributed by atoms with Crippen molar-refractivity contribution in [1.82, 2.24) is 10.2 Å². The van der Waals surface area contributed by atoms with Gasteiger partial charge in [-0.2, -0.15) is 0 Å². The maximum atomic E-state index is 13.8. The molecule has 0 aliphatic rings. The summed E-state index contributed by atoms with van der Waals surface area (Å²) in [5.41, 5.74) is 0.619. The summed E-state index contributed by atoms with van der Waals surface area (Å²) in [5, 5.41) is 2.69. The molecule has 8 heteroatoms. The Hall–Kier alpha value is -2.41. The Balaban J connectivity index is 2.12. The molecule has 2 amide bonds. The lowest BCUT2D eigenvalue weighted by Crippen LogP contribution is -2.41. The Morgan fingerprint density at radius 1 is 1.27 bits per heavy atom. The summed E-state index contributed by atoms with van der Waals surface area (Å²) in [6.45, 7) is 0.137. The van der Waals surface area contributed by atoms with Gasteiger partial charge in [-0.1, -0.05) is 35.9 Å². The molecule has 0 radical (unpaired) electrons. The van der Waals surface area contributed by atoms with Crippen LogP contribution in [-0.4, -0.2) is 31.5 Å². The highest BCUT2D eigenvalue weighted by molar-refractivity contribution is 6.31. The van der Waals surface area contributed by atoms with E-state index in [1.807, 2.05) is 0 Å². The SMILES string of the molecule is COc1ccc([C@H](NC(=O)N(C)Cc2ccccc2Cl)C(F)F)cc1F. The van der Waals surface area contributed by atoms with Gasteiger partial charge in [-0.15, -0.1) is 0 Å². The minimum absolute atomic E-state index is 0.0576. The number of ether oxygens (including phenoxy) is 1. The highest BCUT2D eigenvalue weighted by atomic mass is 35.5. The van der Waals surface area contributed by atoms with Crippen molar-refractivity contribution >= 4 is 17.6 Å². The van der Waals surface area contributed by atoms with E-state index in [2.05, 4.69) is 5.32 Å². The fourth-order valence-electron chi connectivity index (χ4n) is 2.37. The monoisotopic (exact) mass is 386 g/mol. The fraction of sp³-hybridized carbons (Fsp3) is 0.278. The van der Waals surface area contributed by atoms with Crippen molar-refractivity contribution in [1.29, 1.82) is 0 Å². The summed E-state index contributed by atoms with van der Waals surface area (Å²) in [5.74, 6) is -0.849.